The second-order valence-electron chi connectivity index (χ2n) is 3.02. The van der Waals surface area contributed by atoms with E-state index >= 15 is 0 Å². The number of benzene rings is 1. The van der Waals surface area contributed by atoms with Gasteiger partial charge in [-0.2, -0.15) is 0 Å². The number of aromatic nitrogens is 1. The molecule has 0 unspecified atom stereocenters. The number of hydrogen-bond donors (Lipinski definition) is 2. The zero-order chi connectivity index (χ0) is 9.97. The standard InChI is InChI=1S/C11H10BrNO/c12-9-3-4-11-10(6-9)8(7-13-11)2-1-5-14/h1-4,6-7,13-14H,5H2. The van der Waals surface area contributed by atoms with Crippen molar-refractivity contribution < 1.29 is 5.11 Å². The lowest BCUT2D eigenvalue weighted by molar-refractivity contribution is 0.343. The molecule has 1 aromatic carbocycles. The fourth-order valence-corrected chi connectivity index (χ4v) is 1.79. The molecule has 2 aromatic rings. The van der Waals surface area contributed by atoms with Crippen LogP contribution >= 0.6 is 15.9 Å². The summed E-state index contributed by atoms with van der Waals surface area (Å²) in [5.74, 6) is 0. The largest absolute Gasteiger partial charge is 0.392 e. The first-order valence-electron chi connectivity index (χ1n) is 4.35. The molecule has 0 aliphatic rings. The Hall–Kier alpha value is -1.06. The van der Waals surface area contributed by atoms with Gasteiger partial charge in [-0.05, 0) is 23.8 Å². The lowest BCUT2D eigenvalue weighted by Crippen LogP contribution is -1.72. The van der Waals surface area contributed by atoms with Crippen LogP contribution in [0.15, 0.2) is 34.9 Å². The van der Waals surface area contributed by atoms with E-state index in [0.717, 1.165) is 20.9 Å². The average molecular weight is 252 g/mol. The molecule has 2 rings (SSSR count). The Bertz CT molecular complexity index is 473. The summed E-state index contributed by atoms with van der Waals surface area (Å²) in [5.41, 5.74) is 2.20. The normalized spacial score (nSPS) is 11.6. The molecule has 3 heteroatoms. The number of rotatable bonds is 2. The van der Waals surface area contributed by atoms with Gasteiger partial charge in [-0.25, -0.2) is 0 Å². The van der Waals surface area contributed by atoms with E-state index < -0.39 is 0 Å². The summed E-state index contributed by atoms with van der Waals surface area (Å²) in [6, 6.07) is 6.08. The van der Waals surface area contributed by atoms with Gasteiger partial charge in [0.2, 0.25) is 0 Å². The minimum atomic E-state index is 0.0701. The summed E-state index contributed by atoms with van der Waals surface area (Å²) in [6.45, 7) is 0.0701. The van der Waals surface area contributed by atoms with Crippen molar-refractivity contribution in [1.82, 2.24) is 4.98 Å². The molecule has 2 nitrogen and oxygen atoms in total. The molecule has 0 amide bonds. The highest BCUT2D eigenvalue weighted by molar-refractivity contribution is 9.10. The fourth-order valence-electron chi connectivity index (χ4n) is 1.43. The van der Waals surface area contributed by atoms with Gasteiger partial charge < -0.3 is 10.1 Å². The molecular weight excluding hydrogens is 242 g/mol. The molecule has 0 radical (unpaired) electrons. The molecule has 0 bridgehead atoms. The van der Waals surface area contributed by atoms with E-state index in [4.69, 9.17) is 5.11 Å². The van der Waals surface area contributed by atoms with Crippen molar-refractivity contribution in [2.75, 3.05) is 6.61 Å². The molecule has 0 aliphatic heterocycles. The third kappa shape index (κ3) is 1.74. The van der Waals surface area contributed by atoms with Gasteiger partial charge in [0.15, 0.2) is 0 Å². The summed E-state index contributed by atoms with van der Waals surface area (Å²) >= 11 is 3.43. The second-order valence-corrected chi connectivity index (χ2v) is 3.93. The molecule has 2 N–H and O–H groups in total. The highest BCUT2D eigenvalue weighted by Crippen LogP contribution is 2.23. The Balaban J connectivity index is 2.55. The predicted octanol–water partition coefficient (Wildman–Crippen LogP) is 2.94. The monoisotopic (exact) mass is 251 g/mol. The molecule has 0 atom stereocenters. The Morgan fingerprint density at radius 1 is 1.43 bits per heavy atom. The molecule has 0 fully saturated rings. The first-order chi connectivity index (χ1) is 6.81. The van der Waals surface area contributed by atoms with Crippen molar-refractivity contribution >= 4 is 32.9 Å². The van der Waals surface area contributed by atoms with Gasteiger partial charge in [-0.1, -0.05) is 28.1 Å². The van der Waals surface area contributed by atoms with E-state index in [1.165, 1.54) is 0 Å². The van der Waals surface area contributed by atoms with E-state index in [2.05, 4.69) is 27.0 Å². The van der Waals surface area contributed by atoms with Crippen molar-refractivity contribution in [2.24, 2.45) is 0 Å². The van der Waals surface area contributed by atoms with Crippen LogP contribution < -0.4 is 0 Å². The quantitative estimate of drug-likeness (QED) is 0.846. The van der Waals surface area contributed by atoms with Gasteiger partial charge in [-0.3, -0.25) is 0 Å². The number of aromatic amines is 1. The van der Waals surface area contributed by atoms with Gasteiger partial charge in [0, 0.05) is 21.6 Å². The van der Waals surface area contributed by atoms with Crippen molar-refractivity contribution in [3.05, 3.63) is 40.5 Å². The summed E-state index contributed by atoms with van der Waals surface area (Å²) in [4.78, 5) is 3.17. The van der Waals surface area contributed by atoms with E-state index in [9.17, 15) is 0 Å². The minimum Gasteiger partial charge on any atom is -0.392 e. The van der Waals surface area contributed by atoms with E-state index in [-0.39, 0.29) is 6.61 Å². The summed E-state index contributed by atoms with van der Waals surface area (Å²) in [5, 5.41) is 9.84. The minimum absolute atomic E-state index is 0.0701. The number of hydrogen-bond acceptors (Lipinski definition) is 1. The predicted molar refractivity (Wildman–Crippen MR) is 62.1 cm³/mol. The van der Waals surface area contributed by atoms with Crippen LogP contribution in [0.1, 0.15) is 5.56 Å². The second kappa shape index (κ2) is 3.98. The van der Waals surface area contributed by atoms with Crippen molar-refractivity contribution in [1.29, 1.82) is 0 Å². The third-order valence-electron chi connectivity index (χ3n) is 2.08. The molecule has 0 saturated carbocycles. The number of fused-ring (bicyclic) bond motifs is 1. The molecule has 0 aliphatic carbocycles. The molecule has 1 heterocycles. The van der Waals surface area contributed by atoms with Gasteiger partial charge in [0.1, 0.15) is 0 Å². The Labute approximate surface area is 90.4 Å². The van der Waals surface area contributed by atoms with Crippen LogP contribution in [0, 0.1) is 0 Å². The summed E-state index contributed by atoms with van der Waals surface area (Å²) in [7, 11) is 0. The highest BCUT2D eigenvalue weighted by Gasteiger charge is 2.00. The van der Waals surface area contributed by atoms with E-state index in [1.54, 1.807) is 6.08 Å². The zero-order valence-electron chi connectivity index (χ0n) is 7.50. The Morgan fingerprint density at radius 3 is 3.07 bits per heavy atom. The topological polar surface area (TPSA) is 36.0 Å². The molecule has 72 valence electrons. The lowest BCUT2D eigenvalue weighted by atomic mass is 10.1. The van der Waals surface area contributed by atoms with Crippen LogP contribution in [0.4, 0.5) is 0 Å². The maximum absolute atomic E-state index is 8.69. The van der Waals surface area contributed by atoms with Crippen molar-refractivity contribution in [3.8, 4) is 0 Å². The number of aliphatic hydroxyl groups excluding tert-OH is 1. The van der Waals surface area contributed by atoms with Crippen LogP contribution in [0.5, 0.6) is 0 Å². The van der Waals surface area contributed by atoms with Gasteiger partial charge in [0.05, 0.1) is 6.61 Å². The Kier molecular flexibility index (Phi) is 2.70. The van der Waals surface area contributed by atoms with Crippen LogP contribution in [-0.2, 0) is 0 Å². The van der Waals surface area contributed by atoms with E-state index in [1.807, 2.05) is 24.4 Å². The molecule has 0 spiro atoms. The van der Waals surface area contributed by atoms with Gasteiger partial charge in [0.25, 0.3) is 0 Å². The van der Waals surface area contributed by atoms with Crippen LogP contribution in [-0.4, -0.2) is 16.7 Å². The third-order valence-corrected chi connectivity index (χ3v) is 2.57. The van der Waals surface area contributed by atoms with Crippen LogP contribution in [0.3, 0.4) is 0 Å². The molecular formula is C11H10BrNO. The highest BCUT2D eigenvalue weighted by atomic mass is 79.9. The lowest BCUT2D eigenvalue weighted by Gasteiger charge is -1.93. The van der Waals surface area contributed by atoms with Gasteiger partial charge >= 0.3 is 0 Å². The van der Waals surface area contributed by atoms with Crippen molar-refractivity contribution in [2.45, 2.75) is 0 Å². The number of halogens is 1. The zero-order valence-corrected chi connectivity index (χ0v) is 9.08. The summed E-state index contributed by atoms with van der Waals surface area (Å²) < 4.78 is 1.06. The number of H-pyrrole nitrogens is 1. The number of nitrogens with one attached hydrogen (secondary N) is 1. The molecule has 14 heavy (non-hydrogen) atoms. The average Bonchev–Trinajstić information content (AvgIpc) is 2.57. The Morgan fingerprint density at radius 2 is 2.29 bits per heavy atom. The molecule has 1 aromatic heterocycles. The molecule has 0 saturated heterocycles. The fraction of sp³-hybridized carbons (Fsp3) is 0.0909. The van der Waals surface area contributed by atoms with E-state index in [0.29, 0.717) is 0 Å². The van der Waals surface area contributed by atoms with Crippen molar-refractivity contribution in [3.63, 3.8) is 0 Å². The first kappa shape index (κ1) is 9.49. The summed E-state index contributed by atoms with van der Waals surface area (Å²) in [6.07, 6.45) is 5.57. The number of aliphatic hydroxyl groups is 1. The maximum Gasteiger partial charge on any atom is 0.0615 e. The smallest absolute Gasteiger partial charge is 0.0615 e. The van der Waals surface area contributed by atoms with Crippen LogP contribution in [0.2, 0.25) is 0 Å². The SMILES string of the molecule is OCC=Cc1c[nH]c2ccc(Br)cc12. The van der Waals surface area contributed by atoms with Crippen LogP contribution in [0.25, 0.3) is 17.0 Å². The van der Waals surface area contributed by atoms with Gasteiger partial charge in [-0.15, -0.1) is 0 Å². The first-order valence-corrected chi connectivity index (χ1v) is 5.14. The maximum atomic E-state index is 8.69.